The topological polar surface area (TPSA) is 42.1 Å². The lowest BCUT2D eigenvalue weighted by molar-refractivity contribution is 0.239. The Bertz CT molecular complexity index is 616. The first-order valence-corrected chi connectivity index (χ1v) is 7.54. The van der Waals surface area contributed by atoms with Crippen molar-refractivity contribution in [3.63, 3.8) is 0 Å². The number of aryl methyl sites for hydroxylation is 1. The maximum absolute atomic E-state index is 6.10. The molecule has 5 heteroatoms. The van der Waals surface area contributed by atoms with Crippen molar-refractivity contribution in [2.45, 2.75) is 19.5 Å². The summed E-state index contributed by atoms with van der Waals surface area (Å²) in [6.45, 7) is 3.22. The highest BCUT2D eigenvalue weighted by molar-refractivity contribution is 6.42. The molecule has 0 aliphatic rings. The number of benzene rings is 1. The van der Waals surface area contributed by atoms with Crippen LogP contribution >= 0.6 is 23.2 Å². The minimum absolute atomic E-state index is 0.0714. The van der Waals surface area contributed by atoms with E-state index in [4.69, 9.17) is 28.9 Å². The van der Waals surface area contributed by atoms with Crippen LogP contribution < -0.4 is 5.73 Å². The number of halogens is 2. The predicted octanol–water partition coefficient (Wildman–Crippen LogP) is 3.83. The lowest BCUT2D eigenvalue weighted by Gasteiger charge is -2.27. The van der Waals surface area contributed by atoms with Gasteiger partial charge >= 0.3 is 0 Å². The fourth-order valence-electron chi connectivity index (χ4n) is 2.34. The van der Waals surface area contributed by atoms with Crippen LogP contribution in [0, 0.1) is 6.92 Å². The Morgan fingerprint density at radius 1 is 1.19 bits per heavy atom. The molecule has 0 bridgehead atoms. The van der Waals surface area contributed by atoms with E-state index < -0.39 is 0 Å². The van der Waals surface area contributed by atoms with Crippen LogP contribution in [0.3, 0.4) is 0 Å². The van der Waals surface area contributed by atoms with Crippen LogP contribution in [0.25, 0.3) is 0 Å². The quantitative estimate of drug-likeness (QED) is 0.909. The molecule has 0 aliphatic heterocycles. The van der Waals surface area contributed by atoms with Gasteiger partial charge in [0.15, 0.2) is 0 Å². The molecule has 0 fully saturated rings. The Hall–Kier alpha value is -1.13. The predicted molar refractivity (Wildman–Crippen MR) is 88.7 cm³/mol. The first-order chi connectivity index (χ1) is 10.0. The van der Waals surface area contributed by atoms with E-state index in [1.54, 1.807) is 6.07 Å². The molecule has 1 heterocycles. The summed E-state index contributed by atoms with van der Waals surface area (Å²) in [6.07, 6.45) is 0. The van der Waals surface area contributed by atoms with Crippen molar-refractivity contribution in [3.05, 3.63) is 63.4 Å². The summed E-state index contributed by atoms with van der Waals surface area (Å²) in [5.41, 5.74) is 9.03. The summed E-state index contributed by atoms with van der Waals surface area (Å²) in [5, 5.41) is 1.11. The van der Waals surface area contributed by atoms with Gasteiger partial charge in [-0.05, 0) is 43.8 Å². The molecular formula is C16H19Cl2N3. The van der Waals surface area contributed by atoms with Gasteiger partial charge in [-0.15, -0.1) is 0 Å². The Kier molecular flexibility index (Phi) is 5.59. The minimum Gasteiger partial charge on any atom is -0.329 e. The van der Waals surface area contributed by atoms with Crippen molar-refractivity contribution < 1.29 is 0 Å². The highest BCUT2D eigenvalue weighted by Crippen LogP contribution is 2.28. The summed E-state index contributed by atoms with van der Waals surface area (Å²) in [7, 11) is 2.03. The molecule has 112 valence electrons. The van der Waals surface area contributed by atoms with Crippen LogP contribution in [0.5, 0.6) is 0 Å². The molecule has 1 atom stereocenters. The number of nitrogens with two attached hydrogens (primary N) is 1. The van der Waals surface area contributed by atoms with Gasteiger partial charge in [0, 0.05) is 24.8 Å². The van der Waals surface area contributed by atoms with E-state index in [-0.39, 0.29) is 6.04 Å². The molecule has 0 aliphatic carbocycles. The second-order valence-corrected chi connectivity index (χ2v) is 5.92. The second kappa shape index (κ2) is 7.23. The highest BCUT2D eigenvalue weighted by Gasteiger charge is 2.17. The number of nitrogens with zero attached hydrogens (tertiary/aromatic N) is 2. The van der Waals surface area contributed by atoms with Crippen molar-refractivity contribution in [1.82, 2.24) is 9.88 Å². The Balaban J connectivity index is 2.18. The number of hydrogen-bond donors (Lipinski definition) is 1. The maximum atomic E-state index is 6.10. The zero-order chi connectivity index (χ0) is 15.4. The van der Waals surface area contributed by atoms with E-state index in [1.165, 1.54) is 0 Å². The molecule has 2 aromatic rings. The average Bonchev–Trinajstić information content (AvgIpc) is 2.43. The number of aromatic nitrogens is 1. The Morgan fingerprint density at radius 3 is 2.57 bits per heavy atom. The molecule has 2 N–H and O–H groups in total. The SMILES string of the molecule is Cc1cccc(CN(C)C(CN)c2ccc(Cl)c(Cl)c2)n1. The fraction of sp³-hybridized carbons (Fsp3) is 0.312. The number of rotatable bonds is 5. The average molecular weight is 324 g/mol. The van der Waals surface area contributed by atoms with Crippen LogP contribution in [0.15, 0.2) is 36.4 Å². The number of hydrogen-bond acceptors (Lipinski definition) is 3. The van der Waals surface area contributed by atoms with Gasteiger partial charge in [0.25, 0.3) is 0 Å². The summed E-state index contributed by atoms with van der Waals surface area (Å²) in [4.78, 5) is 6.69. The fourth-order valence-corrected chi connectivity index (χ4v) is 2.65. The standard InChI is InChI=1S/C16H19Cl2N3/c1-11-4-3-5-13(20-11)10-21(2)16(9-19)12-6-7-14(17)15(18)8-12/h3-8,16H,9-10,19H2,1-2H3. The lowest BCUT2D eigenvalue weighted by atomic mass is 10.1. The minimum atomic E-state index is 0.0714. The summed E-state index contributed by atoms with van der Waals surface area (Å²) in [6, 6.07) is 11.7. The normalized spacial score (nSPS) is 12.7. The van der Waals surface area contributed by atoms with Crippen LogP contribution in [-0.4, -0.2) is 23.5 Å². The maximum Gasteiger partial charge on any atom is 0.0595 e. The second-order valence-electron chi connectivity index (χ2n) is 5.11. The van der Waals surface area contributed by atoms with Crippen LogP contribution in [-0.2, 0) is 6.54 Å². The first kappa shape index (κ1) is 16.2. The molecule has 1 aromatic carbocycles. The molecule has 1 aromatic heterocycles. The van der Waals surface area contributed by atoms with E-state index >= 15 is 0 Å². The molecule has 0 radical (unpaired) electrons. The zero-order valence-electron chi connectivity index (χ0n) is 12.2. The van der Waals surface area contributed by atoms with Gasteiger partial charge in [-0.1, -0.05) is 35.3 Å². The third kappa shape index (κ3) is 4.17. The van der Waals surface area contributed by atoms with Crippen LogP contribution in [0.1, 0.15) is 23.0 Å². The smallest absolute Gasteiger partial charge is 0.0595 e. The molecule has 1 unspecified atom stereocenters. The number of likely N-dealkylation sites (N-methyl/N-ethyl adjacent to an activating group) is 1. The monoisotopic (exact) mass is 323 g/mol. The molecule has 21 heavy (non-hydrogen) atoms. The van der Waals surface area contributed by atoms with Gasteiger partial charge in [0.2, 0.25) is 0 Å². The third-order valence-corrected chi connectivity index (χ3v) is 4.18. The molecule has 0 spiro atoms. The molecule has 2 rings (SSSR count). The summed E-state index contributed by atoms with van der Waals surface area (Å²) in [5.74, 6) is 0. The largest absolute Gasteiger partial charge is 0.329 e. The van der Waals surface area contributed by atoms with E-state index in [0.29, 0.717) is 16.6 Å². The molecule has 0 saturated heterocycles. The van der Waals surface area contributed by atoms with Crippen LogP contribution in [0.4, 0.5) is 0 Å². The van der Waals surface area contributed by atoms with Crippen molar-refractivity contribution >= 4 is 23.2 Å². The molecule has 0 saturated carbocycles. The van der Waals surface area contributed by atoms with Gasteiger partial charge in [0.1, 0.15) is 0 Å². The van der Waals surface area contributed by atoms with E-state index in [1.807, 2.05) is 44.3 Å². The van der Waals surface area contributed by atoms with Crippen molar-refractivity contribution in [3.8, 4) is 0 Å². The molecule has 0 amide bonds. The van der Waals surface area contributed by atoms with Crippen LogP contribution in [0.2, 0.25) is 10.0 Å². The summed E-state index contributed by atoms with van der Waals surface area (Å²) >= 11 is 12.1. The first-order valence-electron chi connectivity index (χ1n) is 6.79. The van der Waals surface area contributed by atoms with Gasteiger partial charge in [-0.2, -0.15) is 0 Å². The van der Waals surface area contributed by atoms with Gasteiger partial charge in [-0.3, -0.25) is 9.88 Å². The number of pyridine rings is 1. The molecular weight excluding hydrogens is 305 g/mol. The zero-order valence-corrected chi connectivity index (χ0v) is 13.7. The van der Waals surface area contributed by atoms with Gasteiger partial charge in [-0.25, -0.2) is 0 Å². The molecule has 3 nitrogen and oxygen atoms in total. The van der Waals surface area contributed by atoms with Crippen molar-refractivity contribution in [2.24, 2.45) is 5.73 Å². The lowest BCUT2D eigenvalue weighted by Crippen LogP contribution is -2.30. The third-order valence-electron chi connectivity index (χ3n) is 3.44. The van der Waals surface area contributed by atoms with E-state index in [9.17, 15) is 0 Å². The van der Waals surface area contributed by atoms with Gasteiger partial charge < -0.3 is 5.73 Å². The van der Waals surface area contributed by atoms with Crippen molar-refractivity contribution in [1.29, 1.82) is 0 Å². The highest BCUT2D eigenvalue weighted by atomic mass is 35.5. The van der Waals surface area contributed by atoms with E-state index in [0.717, 1.165) is 23.5 Å². The van der Waals surface area contributed by atoms with E-state index in [2.05, 4.69) is 9.88 Å². The Labute approximate surface area is 135 Å². The van der Waals surface area contributed by atoms with Gasteiger partial charge in [0.05, 0.1) is 15.7 Å². The van der Waals surface area contributed by atoms with Crippen molar-refractivity contribution in [2.75, 3.05) is 13.6 Å². The summed E-state index contributed by atoms with van der Waals surface area (Å²) < 4.78 is 0. The Morgan fingerprint density at radius 2 is 1.95 bits per heavy atom.